The van der Waals surface area contributed by atoms with Gasteiger partial charge in [0.25, 0.3) is 0 Å². The van der Waals surface area contributed by atoms with Gasteiger partial charge in [0.1, 0.15) is 5.52 Å². The van der Waals surface area contributed by atoms with E-state index in [1.165, 1.54) is 0 Å². The van der Waals surface area contributed by atoms with E-state index >= 15 is 0 Å². The van der Waals surface area contributed by atoms with Gasteiger partial charge in [-0.2, -0.15) is 4.73 Å². The van der Waals surface area contributed by atoms with Gasteiger partial charge in [-0.3, -0.25) is 0 Å². The first kappa shape index (κ1) is 8.17. The summed E-state index contributed by atoms with van der Waals surface area (Å²) < 4.78 is 0.866. The molecule has 0 spiro atoms. The number of benzene rings is 1. The molecule has 3 nitrogen and oxygen atoms in total. The Morgan fingerprint density at radius 3 is 2.87 bits per heavy atom. The van der Waals surface area contributed by atoms with E-state index in [4.69, 9.17) is 0 Å². The van der Waals surface area contributed by atoms with Gasteiger partial charge in [0.15, 0.2) is 6.20 Å². The van der Waals surface area contributed by atoms with Gasteiger partial charge in [-0.1, -0.05) is 18.2 Å². The van der Waals surface area contributed by atoms with Gasteiger partial charge >= 0.3 is 0 Å². The predicted octanol–water partition coefficient (Wildman–Crippen LogP) is 2.02. The van der Waals surface area contributed by atoms with E-state index in [0.29, 0.717) is 5.52 Å². The second-order valence-electron chi connectivity index (χ2n) is 3.41. The first-order valence-corrected chi connectivity index (χ1v) is 4.72. The van der Waals surface area contributed by atoms with Crippen molar-refractivity contribution < 1.29 is 4.73 Å². The van der Waals surface area contributed by atoms with Crippen LogP contribution in [0.15, 0.2) is 48.8 Å². The number of hydrogen-bond acceptors (Lipinski definition) is 2. The van der Waals surface area contributed by atoms with Crippen molar-refractivity contribution in [3.05, 3.63) is 54.0 Å². The van der Waals surface area contributed by atoms with Crippen LogP contribution in [-0.4, -0.2) is 4.98 Å². The quantitative estimate of drug-likeness (QED) is 0.313. The van der Waals surface area contributed by atoms with E-state index in [-0.39, 0.29) is 0 Å². The largest absolute Gasteiger partial charge is 0.618 e. The maximum Gasteiger partial charge on any atom is 0.243 e. The average Bonchev–Trinajstić information content (AvgIpc) is 2.30. The summed E-state index contributed by atoms with van der Waals surface area (Å²) >= 11 is 0. The summed E-state index contributed by atoms with van der Waals surface area (Å²) in [5.74, 6) is 0. The molecule has 3 rings (SSSR count). The zero-order valence-electron chi connectivity index (χ0n) is 7.92. The van der Waals surface area contributed by atoms with E-state index < -0.39 is 0 Å². The summed E-state index contributed by atoms with van der Waals surface area (Å²) in [7, 11) is 0. The van der Waals surface area contributed by atoms with Crippen molar-refractivity contribution in [3.63, 3.8) is 0 Å². The van der Waals surface area contributed by atoms with Gasteiger partial charge < -0.3 is 5.21 Å². The third kappa shape index (κ3) is 1.13. The minimum absolute atomic E-state index is 0.608. The molecule has 2 heterocycles. The van der Waals surface area contributed by atoms with Crippen LogP contribution in [0.1, 0.15) is 0 Å². The number of hydrogen-bond donors (Lipinski definition) is 0. The highest BCUT2D eigenvalue weighted by Crippen LogP contribution is 2.19. The highest BCUT2D eigenvalue weighted by atomic mass is 16.5. The molecule has 3 heteroatoms. The molecular formula is C12H8N2O. The molecule has 0 aliphatic rings. The molecule has 0 unspecified atom stereocenters. The normalized spacial score (nSPS) is 10.9. The summed E-state index contributed by atoms with van der Waals surface area (Å²) in [6.07, 6.45) is 3.29. The summed E-state index contributed by atoms with van der Waals surface area (Å²) in [5, 5.41) is 13.6. The SMILES string of the molecule is [O-][n+]1cc2ccccc2c2ncccc21. The third-order valence-electron chi connectivity index (χ3n) is 2.50. The molecule has 3 aromatic rings. The minimum Gasteiger partial charge on any atom is -0.618 e. The van der Waals surface area contributed by atoms with Crippen molar-refractivity contribution >= 4 is 21.8 Å². The molecule has 0 saturated heterocycles. The Hall–Kier alpha value is -2.16. The van der Waals surface area contributed by atoms with Crippen LogP contribution in [0.4, 0.5) is 0 Å². The molecule has 0 aliphatic heterocycles. The Morgan fingerprint density at radius 1 is 1.07 bits per heavy atom. The maximum atomic E-state index is 11.7. The van der Waals surface area contributed by atoms with Crippen LogP contribution in [-0.2, 0) is 0 Å². The molecule has 0 aliphatic carbocycles. The van der Waals surface area contributed by atoms with Crippen molar-refractivity contribution in [2.45, 2.75) is 0 Å². The van der Waals surface area contributed by atoms with Gasteiger partial charge in [-0.05, 0) is 12.1 Å². The first-order chi connectivity index (χ1) is 7.36. The van der Waals surface area contributed by atoms with E-state index in [2.05, 4.69) is 4.98 Å². The fraction of sp³-hybridized carbons (Fsp3) is 0. The lowest BCUT2D eigenvalue weighted by atomic mass is 10.1. The number of fused-ring (bicyclic) bond motifs is 3. The van der Waals surface area contributed by atoms with E-state index in [1.807, 2.05) is 24.3 Å². The number of aromatic nitrogens is 2. The van der Waals surface area contributed by atoms with Crippen LogP contribution in [0.2, 0.25) is 0 Å². The fourth-order valence-corrected chi connectivity index (χ4v) is 1.80. The number of rotatable bonds is 0. The molecular weight excluding hydrogens is 188 g/mol. The summed E-state index contributed by atoms with van der Waals surface area (Å²) in [5.41, 5.74) is 1.36. The van der Waals surface area contributed by atoms with Gasteiger partial charge in [0.05, 0.1) is 0 Å². The van der Waals surface area contributed by atoms with Crippen LogP contribution in [0.25, 0.3) is 21.8 Å². The smallest absolute Gasteiger partial charge is 0.243 e. The second-order valence-corrected chi connectivity index (χ2v) is 3.41. The maximum absolute atomic E-state index is 11.7. The lowest BCUT2D eigenvalue weighted by molar-refractivity contribution is -0.575. The molecule has 0 saturated carbocycles. The zero-order chi connectivity index (χ0) is 10.3. The predicted molar refractivity (Wildman–Crippen MR) is 58.2 cm³/mol. The lowest BCUT2D eigenvalue weighted by Crippen LogP contribution is -2.26. The minimum atomic E-state index is 0.608. The van der Waals surface area contributed by atoms with Crippen LogP contribution >= 0.6 is 0 Å². The molecule has 0 amide bonds. The first-order valence-electron chi connectivity index (χ1n) is 4.72. The topological polar surface area (TPSA) is 39.8 Å². The van der Waals surface area contributed by atoms with Crippen molar-refractivity contribution in [2.75, 3.05) is 0 Å². The molecule has 0 radical (unpaired) electrons. The summed E-state index contributed by atoms with van der Waals surface area (Å²) in [6.45, 7) is 0. The zero-order valence-corrected chi connectivity index (χ0v) is 7.92. The van der Waals surface area contributed by atoms with Gasteiger partial charge in [0.2, 0.25) is 5.52 Å². The van der Waals surface area contributed by atoms with Crippen molar-refractivity contribution in [1.29, 1.82) is 0 Å². The van der Waals surface area contributed by atoms with Crippen molar-refractivity contribution in [2.24, 2.45) is 0 Å². The van der Waals surface area contributed by atoms with Gasteiger partial charge in [-0.15, -0.1) is 0 Å². The van der Waals surface area contributed by atoms with Gasteiger partial charge in [-0.25, -0.2) is 4.98 Å². The average molecular weight is 196 g/mol. The standard InChI is InChI=1S/C12H8N2O/c15-14-8-9-4-1-2-5-10(9)12-11(14)6-3-7-13-12/h1-8H. The molecule has 0 atom stereocenters. The molecule has 0 fully saturated rings. The molecule has 1 aromatic carbocycles. The Labute approximate surface area is 86.2 Å². The van der Waals surface area contributed by atoms with E-state index in [1.54, 1.807) is 24.5 Å². The number of nitrogens with zero attached hydrogens (tertiary/aromatic N) is 2. The van der Waals surface area contributed by atoms with Crippen LogP contribution in [0, 0.1) is 5.21 Å². The molecule has 72 valence electrons. The lowest BCUT2D eigenvalue weighted by Gasteiger charge is -2.03. The highest BCUT2D eigenvalue weighted by Gasteiger charge is 2.08. The van der Waals surface area contributed by atoms with E-state index in [0.717, 1.165) is 21.0 Å². The van der Waals surface area contributed by atoms with Crippen molar-refractivity contribution in [1.82, 2.24) is 4.98 Å². The Kier molecular flexibility index (Phi) is 1.59. The highest BCUT2D eigenvalue weighted by molar-refractivity contribution is 6.01. The fourth-order valence-electron chi connectivity index (χ4n) is 1.80. The molecule has 0 bridgehead atoms. The van der Waals surface area contributed by atoms with Crippen LogP contribution < -0.4 is 4.73 Å². The Balaban J connectivity index is 2.64. The molecule has 2 aromatic heterocycles. The molecule has 15 heavy (non-hydrogen) atoms. The monoisotopic (exact) mass is 196 g/mol. The Bertz CT molecular complexity index is 649. The summed E-state index contributed by atoms with van der Waals surface area (Å²) in [6, 6.07) is 11.3. The third-order valence-corrected chi connectivity index (χ3v) is 2.50. The second kappa shape index (κ2) is 2.92. The molecule has 0 N–H and O–H groups in total. The number of pyridine rings is 2. The van der Waals surface area contributed by atoms with Crippen molar-refractivity contribution in [3.8, 4) is 0 Å². The summed E-state index contributed by atoms with van der Waals surface area (Å²) in [4.78, 5) is 4.25. The van der Waals surface area contributed by atoms with Crippen LogP contribution in [0.5, 0.6) is 0 Å². The van der Waals surface area contributed by atoms with E-state index in [9.17, 15) is 5.21 Å². The van der Waals surface area contributed by atoms with Gasteiger partial charge in [0, 0.05) is 23.0 Å². The van der Waals surface area contributed by atoms with Crippen LogP contribution in [0.3, 0.4) is 0 Å². The Morgan fingerprint density at radius 2 is 1.93 bits per heavy atom.